The Balaban J connectivity index is 4.02. The summed E-state index contributed by atoms with van der Waals surface area (Å²) in [5.41, 5.74) is 0. The van der Waals surface area contributed by atoms with Gasteiger partial charge in [-0.2, -0.15) is 0 Å². The molecule has 0 aromatic heterocycles. The number of quaternary nitrogens is 1. The van der Waals surface area contributed by atoms with E-state index in [1.54, 1.807) is 0 Å². The summed E-state index contributed by atoms with van der Waals surface area (Å²) in [6.45, 7) is 4.54. The van der Waals surface area contributed by atoms with Crippen molar-refractivity contribution in [2.45, 2.75) is 206 Å². The van der Waals surface area contributed by atoms with Crippen molar-refractivity contribution < 1.29 is 32.9 Å². The summed E-state index contributed by atoms with van der Waals surface area (Å²) < 4.78 is 23.2. The number of nitrogens with one attached hydrogen (secondary N) is 1. The van der Waals surface area contributed by atoms with Crippen LogP contribution in [0.1, 0.15) is 194 Å². The first-order chi connectivity index (χ1) is 28.0. The van der Waals surface area contributed by atoms with Gasteiger partial charge in [0.25, 0.3) is 7.82 Å². The summed E-state index contributed by atoms with van der Waals surface area (Å²) in [6.07, 6.45) is 52.6. The molecule has 0 aromatic rings. The van der Waals surface area contributed by atoms with Crippen molar-refractivity contribution in [1.82, 2.24) is 5.32 Å². The minimum atomic E-state index is -4.56. The van der Waals surface area contributed by atoms with Gasteiger partial charge in [0, 0.05) is 6.42 Å². The highest BCUT2D eigenvalue weighted by molar-refractivity contribution is 7.45. The summed E-state index contributed by atoms with van der Waals surface area (Å²) >= 11 is 0. The molecule has 8 nitrogen and oxygen atoms in total. The third-order valence-corrected chi connectivity index (χ3v) is 11.2. The molecule has 0 heterocycles. The zero-order valence-electron chi connectivity index (χ0n) is 38.2. The summed E-state index contributed by atoms with van der Waals surface area (Å²) in [5.74, 6) is -0.173. The molecule has 338 valence electrons. The molecular weight excluding hydrogens is 744 g/mol. The molecule has 1 amide bonds. The van der Waals surface area contributed by atoms with Crippen LogP contribution in [-0.4, -0.2) is 68.5 Å². The molecule has 3 unspecified atom stereocenters. The lowest BCUT2D eigenvalue weighted by Gasteiger charge is -2.30. The first kappa shape index (κ1) is 56.2. The highest BCUT2D eigenvalue weighted by Crippen LogP contribution is 2.38. The van der Waals surface area contributed by atoms with E-state index in [4.69, 9.17) is 9.05 Å². The van der Waals surface area contributed by atoms with Crippen LogP contribution >= 0.6 is 7.82 Å². The molecule has 58 heavy (non-hydrogen) atoms. The quantitative estimate of drug-likeness (QED) is 0.0274. The number of nitrogens with zero attached hydrogens (tertiary/aromatic N) is 1. The summed E-state index contributed by atoms with van der Waals surface area (Å²) in [6, 6.07) is -0.800. The Kier molecular flexibility index (Phi) is 39.3. The molecule has 0 aliphatic heterocycles. The van der Waals surface area contributed by atoms with Crippen LogP contribution < -0.4 is 10.2 Å². The Morgan fingerprint density at radius 3 is 1.53 bits per heavy atom. The monoisotopic (exact) mass is 835 g/mol. The maximum atomic E-state index is 12.8. The predicted molar refractivity (Wildman–Crippen MR) is 247 cm³/mol. The summed E-state index contributed by atoms with van der Waals surface area (Å²) in [4.78, 5) is 25.2. The predicted octanol–water partition coefficient (Wildman–Crippen LogP) is 12.8. The zero-order chi connectivity index (χ0) is 42.8. The SMILES string of the molecule is CC/C=C\C/C=C\C/C=C\C/C=C\C/C=C\CCCCCCCCCCCCCCCC(=O)NC(COP(=O)([O-])OCC[N+](C)(C)C)C(O)CCCCCCCCC. The van der Waals surface area contributed by atoms with Crippen LogP contribution in [-0.2, 0) is 18.4 Å². The van der Waals surface area contributed by atoms with Gasteiger partial charge in [-0.1, -0.05) is 190 Å². The third-order valence-electron chi connectivity index (χ3n) is 10.3. The van der Waals surface area contributed by atoms with Crippen LogP contribution in [0.5, 0.6) is 0 Å². The first-order valence-corrected chi connectivity index (χ1v) is 25.1. The Hall–Kier alpha value is -1.80. The maximum absolute atomic E-state index is 12.8. The van der Waals surface area contributed by atoms with Crippen LogP contribution in [0.15, 0.2) is 60.8 Å². The molecule has 9 heteroatoms. The number of phosphoric ester groups is 1. The number of likely N-dealkylation sites (N-methyl/N-ethyl adjacent to an activating group) is 1. The number of aliphatic hydroxyl groups is 1. The fraction of sp³-hybridized carbons (Fsp3) is 0.776. The number of phosphoric acid groups is 1. The number of allylic oxidation sites excluding steroid dienone is 10. The van der Waals surface area contributed by atoms with Gasteiger partial charge < -0.3 is 28.8 Å². The fourth-order valence-corrected chi connectivity index (χ4v) is 7.26. The lowest BCUT2D eigenvalue weighted by atomic mass is 10.0. The van der Waals surface area contributed by atoms with Crippen LogP contribution in [0.25, 0.3) is 0 Å². The van der Waals surface area contributed by atoms with Gasteiger partial charge in [0.2, 0.25) is 5.91 Å². The molecule has 0 aliphatic rings. The average molecular weight is 835 g/mol. The van der Waals surface area contributed by atoms with Gasteiger partial charge in [-0.3, -0.25) is 9.36 Å². The number of hydrogen-bond acceptors (Lipinski definition) is 6. The smallest absolute Gasteiger partial charge is 0.268 e. The van der Waals surface area contributed by atoms with Gasteiger partial charge in [-0.15, -0.1) is 0 Å². The first-order valence-electron chi connectivity index (χ1n) is 23.6. The number of amides is 1. The Morgan fingerprint density at radius 2 is 1.05 bits per heavy atom. The van der Waals surface area contributed by atoms with Crippen molar-refractivity contribution in [2.24, 2.45) is 0 Å². The molecule has 0 aromatic carbocycles. The zero-order valence-corrected chi connectivity index (χ0v) is 39.1. The van der Waals surface area contributed by atoms with Gasteiger partial charge >= 0.3 is 0 Å². The highest BCUT2D eigenvalue weighted by Gasteiger charge is 2.24. The fourth-order valence-electron chi connectivity index (χ4n) is 6.54. The molecule has 3 atom stereocenters. The third kappa shape index (κ3) is 42.3. The van der Waals surface area contributed by atoms with Crippen LogP contribution in [0.3, 0.4) is 0 Å². The molecule has 0 saturated carbocycles. The lowest BCUT2D eigenvalue weighted by Crippen LogP contribution is -2.46. The van der Waals surface area contributed by atoms with Crippen molar-refractivity contribution in [2.75, 3.05) is 40.9 Å². The largest absolute Gasteiger partial charge is 0.756 e. The van der Waals surface area contributed by atoms with E-state index >= 15 is 0 Å². The Morgan fingerprint density at radius 1 is 0.621 bits per heavy atom. The Bertz CT molecular complexity index is 1130. The molecule has 0 bridgehead atoms. The average Bonchev–Trinajstić information content (AvgIpc) is 3.17. The van der Waals surface area contributed by atoms with Crippen LogP contribution in [0.2, 0.25) is 0 Å². The molecule has 0 spiro atoms. The van der Waals surface area contributed by atoms with Crippen molar-refractivity contribution in [3.05, 3.63) is 60.8 Å². The number of hydrogen-bond donors (Lipinski definition) is 2. The number of carbonyl (C=O) groups excluding carboxylic acids is 1. The summed E-state index contributed by atoms with van der Waals surface area (Å²) in [7, 11) is 1.29. The molecule has 0 fully saturated rings. The van der Waals surface area contributed by atoms with E-state index in [2.05, 4.69) is 79.9 Å². The minimum absolute atomic E-state index is 0.00972. The molecule has 0 aliphatic carbocycles. The van der Waals surface area contributed by atoms with E-state index in [1.807, 2.05) is 21.1 Å². The maximum Gasteiger partial charge on any atom is 0.268 e. The van der Waals surface area contributed by atoms with E-state index in [-0.39, 0.29) is 19.1 Å². The highest BCUT2D eigenvalue weighted by atomic mass is 31.2. The number of rotatable bonds is 42. The van der Waals surface area contributed by atoms with Gasteiger partial charge in [0.05, 0.1) is 39.9 Å². The van der Waals surface area contributed by atoms with Crippen molar-refractivity contribution in [1.29, 1.82) is 0 Å². The van der Waals surface area contributed by atoms with Crippen molar-refractivity contribution >= 4 is 13.7 Å². The molecule has 0 radical (unpaired) electrons. The van der Waals surface area contributed by atoms with E-state index in [9.17, 15) is 19.4 Å². The molecular formula is C49H91N2O6P. The van der Waals surface area contributed by atoms with E-state index in [0.717, 1.165) is 70.6 Å². The minimum Gasteiger partial charge on any atom is -0.756 e. The molecule has 0 saturated heterocycles. The molecule has 2 N–H and O–H groups in total. The summed E-state index contributed by atoms with van der Waals surface area (Å²) in [5, 5.41) is 13.8. The second-order valence-electron chi connectivity index (χ2n) is 17.1. The van der Waals surface area contributed by atoms with Crippen LogP contribution in [0, 0.1) is 0 Å². The van der Waals surface area contributed by atoms with Gasteiger partial charge in [0.1, 0.15) is 13.2 Å². The van der Waals surface area contributed by atoms with Crippen molar-refractivity contribution in [3.63, 3.8) is 0 Å². The number of carbonyl (C=O) groups is 1. The van der Waals surface area contributed by atoms with E-state index in [0.29, 0.717) is 23.9 Å². The van der Waals surface area contributed by atoms with Gasteiger partial charge in [-0.25, -0.2) is 0 Å². The van der Waals surface area contributed by atoms with E-state index < -0.39 is 20.0 Å². The van der Waals surface area contributed by atoms with Crippen LogP contribution in [0.4, 0.5) is 0 Å². The molecule has 0 rings (SSSR count). The standard InChI is InChI=1S/C49H91N2O6P/c1-6-8-10-12-14-15-16-17-18-19-20-21-22-23-24-25-26-27-28-29-30-31-32-33-34-35-37-39-41-43-49(53)50-47(48(52)42-40-38-36-13-11-9-7-2)46-57-58(54,55)56-45-44-51(3,4)5/h8,10,14-15,17-18,20-21,23-24,47-48,52H,6-7,9,11-13,16,19,22,25-46H2,1-5H3,(H-,50,53,54,55)/b10-8-,15-14-,18-17-,21-20-,24-23-. The number of aliphatic hydroxyl groups excluding tert-OH is 1. The number of unbranched alkanes of at least 4 members (excludes halogenated alkanes) is 19. The topological polar surface area (TPSA) is 108 Å². The normalized spacial score (nSPS) is 14.8. The van der Waals surface area contributed by atoms with Gasteiger partial charge in [0.15, 0.2) is 0 Å². The van der Waals surface area contributed by atoms with Gasteiger partial charge in [-0.05, 0) is 57.8 Å². The second-order valence-corrected chi connectivity index (χ2v) is 18.5. The lowest BCUT2D eigenvalue weighted by molar-refractivity contribution is -0.870. The Labute approximate surface area is 358 Å². The van der Waals surface area contributed by atoms with E-state index in [1.165, 1.54) is 96.3 Å². The van der Waals surface area contributed by atoms with Crippen molar-refractivity contribution in [3.8, 4) is 0 Å². The second kappa shape index (κ2) is 40.6.